The number of anilines is 1. The molecular weight excluding hydrogens is 318 g/mol. The summed E-state index contributed by atoms with van der Waals surface area (Å²) in [6, 6.07) is 1.61. The molecule has 0 spiro atoms. The summed E-state index contributed by atoms with van der Waals surface area (Å²) in [7, 11) is 1.65. The molecule has 138 valence electrons. The normalized spacial score (nSPS) is 22.2. The van der Waals surface area contributed by atoms with Gasteiger partial charge in [0.1, 0.15) is 0 Å². The molecule has 2 aliphatic rings. The predicted octanol–water partition coefficient (Wildman–Crippen LogP) is 0.551. The maximum atomic E-state index is 12.9. The first-order valence-electron chi connectivity index (χ1n) is 9.38. The summed E-state index contributed by atoms with van der Waals surface area (Å²) in [4.78, 5) is 31.3. The number of aryl methyl sites for hydroxylation is 1. The van der Waals surface area contributed by atoms with E-state index in [4.69, 9.17) is 0 Å². The quantitative estimate of drug-likeness (QED) is 0.796. The van der Waals surface area contributed by atoms with E-state index in [1.54, 1.807) is 19.3 Å². The van der Waals surface area contributed by atoms with Gasteiger partial charge >= 0.3 is 0 Å². The fraction of sp³-hybridized carbons (Fsp3) is 0.722. The van der Waals surface area contributed by atoms with Gasteiger partial charge in [-0.25, -0.2) is 4.68 Å². The fourth-order valence-corrected chi connectivity index (χ4v) is 3.81. The van der Waals surface area contributed by atoms with Crippen molar-refractivity contribution in [2.45, 2.75) is 26.2 Å². The Labute approximate surface area is 149 Å². The van der Waals surface area contributed by atoms with Crippen molar-refractivity contribution in [2.75, 3.05) is 50.7 Å². The van der Waals surface area contributed by atoms with Crippen LogP contribution in [0.2, 0.25) is 0 Å². The van der Waals surface area contributed by atoms with Crippen molar-refractivity contribution in [2.24, 2.45) is 13.0 Å². The molecule has 0 N–H and O–H groups in total. The molecule has 2 saturated heterocycles. The van der Waals surface area contributed by atoms with E-state index in [0.29, 0.717) is 6.54 Å². The van der Waals surface area contributed by atoms with Gasteiger partial charge in [0.25, 0.3) is 5.56 Å². The van der Waals surface area contributed by atoms with Crippen molar-refractivity contribution in [3.63, 3.8) is 0 Å². The molecule has 25 heavy (non-hydrogen) atoms. The summed E-state index contributed by atoms with van der Waals surface area (Å²) >= 11 is 0. The molecule has 0 saturated carbocycles. The van der Waals surface area contributed by atoms with Crippen molar-refractivity contribution >= 4 is 11.6 Å². The average Bonchev–Trinajstić information content (AvgIpc) is 2.64. The molecule has 1 atom stereocenters. The first-order chi connectivity index (χ1) is 12.1. The van der Waals surface area contributed by atoms with E-state index in [1.807, 2.05) is 4.90 Å². The van der Waals surface area contributed by atoms with Gasteiger partial charge in [-0.15, -0.1) is 0 Å². The molecule has 3 rings (SSSR count). The van der Waals surface area contributed by atoms with Crippen LogP contribution in [0.25, 0.3) is 0 Å². The fourth-order valence-electron chi connectivity index (χ4n) is 3.81. The Morgan fingerprint density at radius 2 is 2.00 bits per heavy atom. The van der Waals surface area contributed by atoms with Gasteiger partial charge in [0.2, 0.25) is 5.91 Å². The molecule has 0 unspecified atom stereocenters. The maximum Gasteiger partial charge on any atom is 0.268 e. The number of carbonyl (C=O) groups excluding carboxylic acids is 1. The van der Waals surface area contributed by atoms with E-state index in [0.717, 1.165) is 64.2 Å². The molecule has 7 nitrogen and oxygen atoms in total. The zero-order valence-electron chi connectivity index (χ0n) is 15.4. The first kappa shape index (κ1) is 17.9. The van der Waals surface area contributed by atoms with E-state index in [2.05, 4.69) is 21.8 Å². The Morgan fingerprint density at radius 1 is 1.24 bits per heavy atom. The average molecular weight is 347 g/mol. The lowest BCUT2D eigenvalue weighted by Gasteiger charge is -2.39. The number of amides is 1. The smallest absolute Gasteiger partial charge is 0.268 e. The molecule has 1 aromatic rings. The molecule has 1 aromatic heterocycles. The van der Waals surface area contributed by atoms with Crippen molar-refractivity contribution in [3.05, 3.63) is 22.6 Å². The molecule has 0 bridgehead atoms. The summed E-state index contributed by atoms with van der Waals surface area (Å²) in [6.07, 6.45) is 4.79. The molecule has 2 fully saturated rings. The van der Waals surface area contributed by atoms with Crippen molar-refractivity contribution in [3.8, 4) is 0 Å². The standard InChI is InChI=1S/C18H29N5O2/c1-3-6-21-8-10-22(11-9-21)18(25)15-5-4-7-23(14-15)16-12-17(24)20(2)19-13-16/h12-13,15H,3-11,14H2,1-2H3/t15-/m1/s1. The molecule has 7 heteroatoms. The minimum Gasteiger partial charge on any atom is -0.369 e. The molecule has 0 aliphatic carbocycles. The molecule has 3 heterocycles. The lowest BCUT2D eigenvalue weighted by Crippen LogP contribution is -2.52. The van der Waals surface area contributed by atoms with Gasteiger partial charge in [-0.2, -0.15) is 5.10 Å². The van der Waals surface area contributed by atoms with Crippen LogP contribution in [-0.2, 0) is 11.8 Å². The van der Waals surface area contributed by atoms with Gasteiger partial charge in [0.15, 0.2) is 0 Å². The number of piperazine rings is 1. The summed E-state index contributed by atoms with van der Waals surface area (Å²) < 4.78 is 1.33. The second kappa shape index (κ2) is 7.99. The van der Waals surface area contributed by atoms with Crippen LogP contribution in [-0.4, -0.2) is 71.3 Å². The second-order valence-corrected chi connectivity index (χ2v) is 7.13. The number of piperidine rings is 1. The summed E-state index contributed by atoms with van der Waals surface area (Å²) in [6.45, 7) is 8.51. The van der Waals surface area contributed by atoms with E-state index in [-0.39, 0.29) is 17.4 Å². The van der Waals surface area contributed by atoms with Crippen molar-refractivity contribution in [1.29, 1.82) is 0 Å². The van der Waals surface area contributed by atoms with E-state index in [9.17, 15) is 9.59 Å². The topological polar surface area (TPSA) is 61.7 Å². The van der Waals surface area contributed by atoms with Gasteiger partial charge in [0.05, 0.1) is 17.8 Å². The highest BCUT2D eigenvalue weighted by molar-refractivity contribution is 5.80. The van der Waals surface area contributed by atoms with Crippen LogP contribution >= 0.6 is 0 Å². The number of rotatable bonds is 4. The predicted molar refractivity (Wildman–Crippen MR) is 97.7 cm³/mol. The molecule has 0 radical (unpaired) electrons. The Balaban J connectivity index is 1.60. The Morgan fingerprint density at radius 3 is 2.68 bits per heavy atom. The monoisotopic (exact) mass is 347 g/mol. The van der Waals surface area contributed by atoms with Crippen molar-refractivity contribution in [1.82, 2.24) is 19.6 Å². The van der Waals surface area contributed by atoms with Crippen LogP contribution in [0.15, 0.2) is 17.1 Å². The summed E-state index contributed by atoms with van der Waals surface area (Å²) in [5, 5.41) is 4.10. The molecule has 0 aromatic carbocycles. The number of nitrogens with zero attached hydrogens (tertiary/aromatic N) is 5. The number of carbonyl (C=O) groups is 1. The third-order valence-corrected chi connectivity index (χ3v) is 5.31. The molecule has 2 aliphatic heterocycles. The zero-order chi connectivity index (χ0) is 17.8. The Kier molecular flexibility index (Phi) is 5.73. The highest BCUT2D eigenvalue weighted by Gasteiger charge is 2.31. The third kappa shape index (κ3) is 4.21. The van der Waals surface area contributed by atoms with E-state index >= 15 is 0 Å². The van der Waals surface area contributed by atoms with Crippen LogP contribution in [0.5, 0.6) is 0 Å². The largest absolute Gasteiger partial charge is 0.369 e. The number of hydrogen-bond acceptors (Lipinski definition) is 5. The van der Waals surface area contributed by atoms with Gasteiger partial charge in [-0.05, 0) is 25.8 Å². The summed E-state index contributed by atoms with van der Waals surface area (Å²) in [5.41, 5.74) is 0.714. The molecule has 1 amide bonds. The first-order valence-corrected chi connectivity index (χ1v) is 9.38. The lowest BCUT2D eigenvalue weighted by molar-refractivity contribution is -0.137. The van der Waals surface area contributed by atoms with Crippen LogP contribution in [0.1, 0.15) is 26.2 Å². The van der Waals surface area contributed by atoms with Crippen LogP contribution < -0.4 is 10.5 Å². The minimum absolute atomic E-state index is 0.0236. The van der Waals surface area contributed by atoms with Gasteiger partial charge < -0.3 is 9.80 Å². The van der Waals surface area contributed by atoms with Crippen LogP contribution in [0, 0.1) is 5.92 Å². The van der Waals surface area contributed by atoms with Crippen LogP contribution in [0.4, 0.5) is 5.69 Å². The van der Waals surface area contributed by atoms with Crippen LogP contribution in [0.3, 0.4) is 0 Å². The van der Waals surface area contributed by atoms with Gasteiger partial charge in [-0.1, -0.05) is 6.92 Å². The Hall–Kier alpha value is -1.89. The SMILES string of the molecule is CCCN1CCN(C(=O)[C@@H]2CCCN(c3cnn(C)c(=O)c3)C2)CC1. The second-order valence-electron chi connectivity index (χ2n) is 7.13. The summed E-state index contributed by atoms with van der Waals surface area (Å²) in [5.74, 6) is 0.299. The number of hydrogen-bond donors (Lipinski definition) is 0. The van der Waals surface area contributed by atoms with Gasteiger partial charge in [0, 0.05) is 52.4 Å². The van der Waals surface area contributed by atoms with Gasteiger partial charge in [-0.3, -0.25) is 14.5 Å². The highest BCUT2D eigenvalue weighted by Crippen LogP contribution is 2.23. The highest BCUT2D eigenvalue weighted by atomic mass is 16.2. The zero-order valence-corrected chi connectivity index (χ0v) is 15.4. The van der Waals surface area contributed by atoms with E-state index < -0.39 is 0 Å². The van der Waals surface area contributed by atoms with Crippen molar-refractivity contribution < 1.29 is 4.79 Å². The number of aromatic nitrogens is 2. The molecular formula is C18H29N5O2. The maximum absolute atomic E-state index is 12.9. The van der Waals surface area contributed by atoms with E-state index in [1.165, 1.54) is 4.68 Å². The Bertz CT molecular complexity index is 651. The lowest BCUT2D eigenvalue weighted by atomic mass is 9.96. The third-order valence-electron chi connectivity index (χ3n) is 5.31. The minimum atomic E-state index is -0.113.